The number of nitrogens with zero attached hydrogens (tertiary/aromatic N) is 3. The van der Waals surface area contributed by atoms with Crippen molar-refractivity contribution in [3.8, 4) is 22.8 Å². The molecule has 0 unspecified atom stereocenters. The molecule has 0 spiro atoms. The van der Waals surface area contributed by atoms with Crippen molar-refractivity contribution in [3.63, 3.8) is 0 Å². The first kappa shape index (κ1) is 33.4. The number of rotatable bonds is 13. The van der Waals surface area contributed by atoms with Crippen molar-refractivity contribution in [2.75, 3.05) is 32.1 Å². The van der Waals surface area contributed by atoms with Gasteiger partial charge in [-0.1, -0.05) is 6.42 Å². The summed E-state index contributed by atoms with van der Waals surface area (Å²) in [5.74, 6) is -3.99. The maximum Gasteiger partial charge on any atom is 0.282 e. The average molecular weight is 672 g/mol. The fourth-order valence-electron chi connectivity index (χ4n) is 5.97. The Balaban J connectivity index is 1.32. The summed E-state index contributed by atoms with van der Waals surface area (Å²) < 4.78 is 65.5. The van der Waals surface area contributed by atoms with Crippen LogP contribution in [-0.4, -0.2) is 71.5 Å². The normalized spacial score (nSPS) is 17.8. The molecular formula is C34H37F4N5O5. The lowest BCUT2D eigenvalue weighted by atomic mass is 9.80. The molecule has 2 N–H and O–H groups in total. The second-order valence-corrected chi connectivity index (χ2v) is 12.7. The molecule has 2 aromatic heterocycles. The molecule has 2 amide bonds. The van der Waals surface area contributed by atoms with E-state index in [0.717, 1.165) is 23.3 Å². The molecule has 3 aromatic rings. The number of alkyl halides is 4. The maximum atomic E-state index is 13.7. The van der Waals surface area contributed by atoms with Crippen LogP contribution < -0.4 is 25.7 Å². The predicted octanol–water partition coefficient (Wildman–Crippen LogP) is 5.52. The third kappa shape index (κ3) is 7.48. The first-order valence-corrected chi connectivity index (χ1v) is 16.0. The number of nitrogens with one attached hydrogen (secondary N) is 2. The van der Waals surface area contributed by atoms with Gasteiger partial charge in [-0.3, -0.25) is 14.4 Å². The van der Waals surface area contributed by atoms with Crippen molar-refractivity contribution < 1.29 is 36.6 Å². The summed E-state index contributed by atoms with van der Waals surface area (Å²) in [5, 5.41) is 6.11. The van der Waals surface area contributed by atoms with E-state index in [1.165, 1.54) is 56.7 Å². The van der Waals surface area contributed by atoms with Crippen molar-refractivity contribution in [1.82, 2.24) is 19.8 Å². The summed E-state index contributed by atoms with van der Waals surface area (Å²) in [7, 11) is 1.38. The number of carbonyl (C=O) groups excluding carboxylic acids is 2. The van der Waals surface area contributed by atoms with E-state index in [4.69, 9.17) is 9.47 Å². The van der Waals surface area contributed by atoms with Crippen molar-refractivity contribution in [1.29, 1.82) is 0 Å². The molecule has 10 nitrogen and oxygen atoms in total. The number of methoxy groups -OCH3 is 1. The second kappa shape index (κ2) is 13.6. The van der Waals surface area contributed by atoms with Crippen LogP contribution >= 0.6 is 0 Å². The van der Waals surface area contributed by atoms with Crippen LogP contribution in [0.15, 0.2) is 47.4 Å². The quantitative estimate of drug-likeness (QED) is 0.230. The van der Waals surface area contributed by atoms with Gasteiger partial charge in [0.1, 0.15) is 17.1 Å². The van der Waals surface area contributed by atoms with Crippen molar-refractivity contribution in [2.24, 2.45) is 5.92 Å². The highest BCUT2D eigenvalue weighted by molar-refractivity contribution is 6.05. The molecule has 2 saturated carbocycles. The second-order valence-electron chi connectivity index (χ2n) is 12.7. The summed E-state index contributed by atoms with van der Waals surface area (Å²) in [5.41, 5.74) is 0.654. The molecule has 1 saturated heterocycles. The zero-order chi connectivity index (χ0) is 34.2. The van der Waals surface area contributed by atoms with Gasteiger partial charge < -0.3 is 29.6 Å². The molecule has 1 aromatic carbocycles. The van der Waals surface area contributed by atoms with E-state index in [2.05, 4.69) is 22.5 Å². The topological polar surface area (TPSA) is 115 Å². The molecule has 1 aliphatic heterocycles. The van der Waals surface area contributed by atoms with Crippen LogP contribution in [-0.2, 0) is 6.54 Å². The van der Waals surface area contributed by atoms with Crippen LogP contribution in [0.5, 0.6) is 11.6 Å². The number of hydrogen-bond acceptors (Lipinski definition) is 7. The Morgan fingerprint density at radius 2 is 1.81 bits per heavy atom. The van der Waals surface area contributed by atoms with E-state index in [0.29, 0.717) is 12.5 Å². The first-order valence-electron chi connectivity index (χ1n) is 16.0. The zero-order valence-electron chi connectivity index (χ0n) is 26.6. The number of carbonyl (C=O) groups is 2. The number of hydrogen-bond donors (Lipinski definition) is 2. The summed E-state index contributed by atoms with van der Waals surface area (Å²) in [4.78, 5) is 45.6. The lowest BCUT2D eigenvalue weighted by Gasteiger charge is -2.39. The molecule has 48 heavy (non-hydrogen) atoms. The third-order valence-electron chi connectivity index (χ3n) is 9.07. The Bertz CT molecular complexity index is 1750. The Morgan fingerprint density at radius 3 is 2.44 bits per heavy atom. The molecule has 2 aliphatic carbocycles. The lowest BCUT2D eigenvalue weighted by molar-refractivity contribution is -0.113. The summed E-state index contributed by atoms with van der Waals surface area (Å²) in [6.45, 7) is 0.0785. The minimum atomic E-state index is -3.00. The fourth-order valence-corrected chi connectivity index (χ4v) is 5.97. The standard InChI is InChI=1S/C34H37F4N5O5/c1-19(21-4-3-5-21)39-14-20-10-27(33(46)43(15-20)23-6-7-23)31(44)41-29-11-22(12-30(40-29)48-16-28(35)36)25-9-8-24(47-2)13-26(25)32(45)42-17-34(37,38)18-42/h8-13,15,19,21,23,28,39H,3-7,14,16-18H2,1-2H3,(H,40,41,44)/t19-/m0/s1. The smallest absolute Gasteiger partial charge is 0.282 e. The highest BCUT2D eigenvalue weighted by atomic mass is 19.3. The van der Waals surface area contributed by atoms with Gasteiger partial charge in [0.05, 0.1) is 25.8 Å². The van der Waals surface area contributed by atoms with E-state index in [9.17, 15) is 31.9 Å². The van der Waals surface area contributed by atoms with E-state index < -0.39 is 49.4 Å². The van der Waals surface area contributed by atoms with Gasteiger partial charge in [-0.15, -0.1) is 0 Å². The Hall–Kier alpha value is -4.46. The number of halogens is 4. The monoisotopic (exact) mass is 671 g/mol. The van der Waals surface area contributed by atoms with E-state index >= 15 is 0 Å². The minimum absolute atomic E-state index is 0.00115. The Labute approximate surface area is 274 Å². The molecule has 3 aliphatic rings. The average Bonchev–Trinajstić information content (AvgIpc) is 3.86. The van der Waals surface area contributed by atoms with Gasteiger partial charge in [0.15, 0.2) is 6.61 Å². The number of ether oxygens (including phenoxy) is 2. The molecule has 0 radical (unpaired) electrons. The van der Waals surface area contributed by atoms with Crippen LogP contribution in [0.3, 0.4) is 0 Å². The predicted molar refractivity (Wildman–Crippen MR) is 169 cm³/mol. The number of anilines is 1. The highest BCUT2D eigenvalue weighted by Gasteiger charge is 2.46. The number of amides is 2. The number of likely N-dealkylation sites (tertiary alicyclic amines) is 1. The van der Waals surface area contributed by atoms with Gasteiger partial charge in [-0.05, 0) is 85.5 Å². The fraction of sp³-hybridized carbons (Fsp3) is 0.471. The molecule has 3 heterocycles. The number of aromatic nitrogens is 2. The van der Waals surface area contributed by atoms with E-state index in [1.807, 2.05) is 0 Å². The van der Waals surface area contributed by atoms with Gasteiger partial charge in [-0.2, -0.15) is 4.98 Å². The maximum absolute atomic E-state index is 13.7. The van der Waals surface area contributed by atoms with Gasteiger partial charge in [-0.25, -0.2) is 17.6 Å². The van der Waals surface area contributed by atoms with Crippen LogP contribution in [0.25, 0.3) is 11.1 Å². The molecule has 3 fully saturated rings. The summed E-state index contributed by atoms with van der Waals surface area (Å²) in [6.07, 6.45) is 4.14. The summed E-state index contributed by atoms with van der Waals surface area (Å²) >= 11 is 0. The highest BCUT2D eigenvalue weighted by Crippen LogP contribution is 2.36. The lowest BCUT2D eigenvalue weighted by Crippen LogP contribution is -2.58. The van der Waals surface area contributed by atoms with Crippen LogP contribution in [0, 0.1) is 5.92 Å². The molecule has 14 heteroatoms. The van der Waals surface area contributed by atoms with Crippen molar-refractivity contribution >= 4 is 17.6 Å². The van der Waals surface area contributed by atoms with Gasteiger partial charge in [0, 0.05) is 30.9 Å². The molecule has 0 bridgehead atoms. The first-order chi connectivity index (χ1) is 22.9. The van der Waals surface area contributed by atoms with Crippen molar-refractivity contribution in [2.45, 2.75) is 70.0 Å². The largest absolute Gasteiger partial charge is 0.497 e. The SMILES string of the molecule is COc1ccc(-c2cc(NC(=O)c3cc(CN[C@@H](C)C4CCC4)cn(C4CC4)c3=O)nc(OCC(F)F)c2)c(C(=O)N2CC(F)(F)C2)c1. The van der Waals surface area contributed by atoms with Crippen LogP contribution in [0.1, 0.15) is 71.3 Å². The van der Waals surface area contributed by atoms with Gasteiger partial charge in [0.2, 0.25) is 5.88 Å². The van der Waals surface area contributed by atoms with Gasteiger partial charge in [0.25, 0.3) is 29.7 Å². The molecular weight excluding hydrogens is 634 g/mol. The molecule has 1 atom stereocenters. The van der Waals surface area contributed by atoms with E-state index in [-0.39, 0.29) is 51.8 Å². The van der Waals surface area contributed by atoms with Crippen molar-refractivity contribution in [3.05, 3.63) is 69.6 Å². The minimum Gasteiger partial charge on any atom is -0.497 e. The Morgan fingerprint density at radius 1 is 1.06 bits per heavy atom. The number of benzene rings is 1. The number of pyridine rings is 2. The molecule has 6 rings (SSSR count). The van der Waals surface area contributed by atoms with Crippen LogP contribution in [0.2, 0.25) is 0 Å². The third-order valence-corrected chi connectivity index (χ3v) is 9.07. The van der Waals surface area contributed by atoms with Crippen LogP contribution in [0.4, 0.5) is 23.4 Å². The Kier molecular flexibility index (Phi) is 9.46. The molecule has 256 valence electrons. The zero-order valence-corrected chi connectivity index (χ0v) is 26.6. The van der Waals surface area contributed by atoms with Gasteiger partial charge >= 0.3 is 0 Å². The summed E-state index contributed by atoms with van der Waals surface area (Å²) in [6, 6.07) is 8.96. The van der Waals surface area contributed by atoms with E-state index in [1.54, 1.807) is 16.8 Å².